The number of thiophene rings is 1. The van der Waals surface area contributed by atoms with Crippen molar-refractivity contribution in [1.29, 1.82) is 0 Å². The minimum atomic E-state index is -0.106. The van der Waals surface area contributed by atoms with Crippen LogP contribution < -0.4 is 5.56 Å². The van der Waals surface area contributed by atoms with E-state index in [1.54, 1.807) is 17.4 Å². The molecule has 0 amide bonds. The van der Waals surface area contributed by atoms with Crippen molar-refractivity contribution in [3.8, 4) is 10.7 Å². The molecule has 6 nitrogen and oxygen atoms in total. The minimum Gasteiger partial charge on any atom is -0.297 e. The zero-order chi connectivity index (χ0) is 15.8. The van der Waals surface area contributed by atoms with Crippen molar-refractivity contribution in [1.82, 2.24) is 24.5 Å². The summed E-state index contributed by atoms with van der Waals surface area (Å²) in [6.07, 6.45) is 2.43. The molecule has 0 bridgehead atoms. The quantitative estimate of drug-likeness (QED) is 0.775. The van der Waals surface area contributed by atoms with Gasteiger partial charge >= 0.3 is 0 Å². The Hall–Kier alpha value is -1.70. The Balaban J connectivity index is 0.00000169. The summed E-state index contributed by atoms with van der Waals surface area (Å²) in [4.78, 5) is 24.7. The number of piperidine rings is 1. The summed E-state index contributed by atoms with van der Waals surface area (Å²) in [5.41, 5.74) is 0.694. The Morgan fingerprint density at radius 3 is 2.83 bits per heavy atom. The number of halogens is 1. The van der Waals surface area contributed by atoms with Crippen LogP contribution in [0.1, 0.15) is 25.5 Å². The molecule has 1 saturated heterocycles. The van der Waals surface area contributed by atoms with Crippen molar-refractivity contribution >= 4 is 29.5 Å². The Morgan fingerprint density at radius 1 is 1.33 bits per heavy atom. The van der Waals surface area contributed by atoms with E-state index in [1.807, 2.05) is 17.5 Å². The van der Waals surface area contributed by atoms with E-state index in [9.17, 15) is 4.79 Å². The summed E-state index contributed by atoms with van der Waals surface area (Å²) in [6, 6.07) is 5.55. The number of hydrogen-bond acceptors (Lipinski definition) is 5. The van der Waals surface area contributed by atoms with Crippen LogP contribution in [-0.2, 0) is 6.54 Å². The van der Waals surface area contributed by atoms with E-state index in [2.05, 4.69) is 26.9 Å². The maximum Gasteiger partial charge on any atom is 0.274 e. The first-order valence-corrected chi connectivity index (χ1v) is 8.82. The van der Waals surface area contributed by atoms with Crippen LogP contribution in [0.4, 0.5) is 0 Å². The molecule has 0 spiro atoms. The van der Waals surface area contributed by atoms with Crippen LogP contribution in [0, 0.1) is 5.92 Å². The van der Waals surface area contributed by atoms with Gasteiger partial charge in [0, 0.05) is 12.6 Å². The van der Waals surface area contributed by atoms with Gasteiger partial charge in [-0.05, 0) is 43.3 Å². The van der Waals surface area contributed by atoms with E-state index < -0.39 is 0 Å². The van der Waals surface area contributed by atoms with Gasteiger partial charge < -0.3 is 0 Å². The van der Waals surface area contributed by atoms with Crippen LogP contribution in [0.3, 0.4) is 0 Å². The van der Waals surface area contributed by atoms with Gasteiger partial charge in [-0.1, -0.05) is 13.0 Å². The normalized spacial score (nSPS) is 16.4. The Morgan fingerprint density at radius 2 is 2.12 bits per heavy atom. The van der Waals surface area contributed by atoms with E-state index in [4.69, 9.17) is 0 Å². The van der Waals surface area contributed by atoms with Gasteiger partial charge in [0.05, 0.1) is 10.6 Å². The molecule has 4 heterocycles. The van der Waals surface area contributed by atoms with Crippen LogP contribution >= 0.6 is 23.7 Å². The van der Waals surface area contributed by atoms with Crippen molar-refractivity contribution in [2.24, 2.45) is 5.92 Å². The van der Waals surface area contributed by atoms with Crippen molar-refractivity contribution in [3.63, 3.8) is 0 Å². The van der Waals surface area contributed by atoms with Crippen molar-refractivity contribution in [2.45, 2.75) is 26.3 Å². The van der Waals surface area contributed by atoms with Crippen LogP contribution in [0.15, 0.2) is 28.4 Å². The highest BCUT2D eigenvalue weighted by atomic mass is 35.5. The molecule has 128 valence electrons. The SMILES string of the molecule is CC1CCN(Cc2cc(=O)n3[nH]c(-c4cccs4)nc3n2)CC1.Cl. The third-order valence-corrected chi connectivity index (χ3v) is 5.28. The van der Waals surface area contributed by atoms with E-state index >= 15 is 0 Å². The first kappa shape index (κ1) is 17.1. The lowest BCUT2D eigenvalue weighted by Crippen LogP contribution is -2.33. The summed E-state index contributed by atoms with van der Waals surface area (Å²) in [5.74, 6) is 1.93. The first-order chi connectivity index (χ1) is 11.2. The van der Waals surface area contributed by atoms with Gasteiger partial charge in [0.25, 0.3) is 11.3 Å². The zero-order valence-electron chi connectivity index (χ0n) is 13.4. The predicted molar refractivity (Wildman–Crippen MR) is 97.8 cm³/mol. The molecule has 0 atom stereocenters. The average Bonchev–Trinajstić information content (AvgIpc) is 3.18. The molecule has 8 heteroatoms. The number of likely N-dealkylation sites (tertiary alicyclic amines) is 1. The summed E-state index contributed by atoms with van der Waals surface area (Å²) in [7, 11) is 0. The van der Waals surface area contributed by atoms with Crippen LogP contribution in [-0.4, -0.2) is 37.6 Å². The van der Waals surface area contributed by atoms with Crippen molar-refractivity contribution in [2.75, 3.05) is 13.1 Å². The fourth-order valence-corrected chi connectivity index (χ4v) is 3.64. The number of aromatic amines is 1. The third-order valence-electron chi connectivity index (χ3n) is 4.40. The van der Waals surface area contributed by atoms with Gasteiger partial charge in [0.15, 0.2) is 5.82 Å². The highest BCUT2D eigenvalue weighted by molar-refractivity contribution is 7.13. The Labute approximate surface area is 149 Å². The van der Waals surface area contributed by atoms with E-state index in [0.717, 1.165) is 36.1 Å². The largest absolute Gasteiger partial charge is 0.297 e. The molecular weight excluding hydrogens is 346 g/mol. The number of aromatic nitrogens is 4. The molecule has 1 fully saturated rings. The highest BCUT2D eigenvalue weighted by Gasteiger charge is 2.17. The number of nitrogens with zero attached hydrogens (tertiary/aromatic N) is 4. The van der Waals surface area contributed by atoms with E-state index in [-0.39, 0.29) is 18.0 Å². The zero-order valence-corrected chi connectivity index (χ0v) is 15.1. The predicted octanol–water partition coefficient (Wildman–Crippen LogP) is 2.80. The fourth-order valence-electron chi connectivity index (χ4n) is 2.98. The van der Waals surface area contributed by atoms with Gasteiger partial charge in [-0.2, -0.15) is 9.50 Å². The molecule has 0 saturated carbocycles. The average molecular weight is 366 g/mol. The number of rotatable bonds is 3. The lowest BCUT2D eigenvalue weighted by atomic mass is 9.99. The molecule has 24 heavy (non-hydrogen) atoms. The van der Waals surface area contributed by atoms with Gasteiger partial charge in [0.2, 0.25) is 0 Å². The Bertz CT molecular complexity index is 864. The molecule has 0 unspecified atom stereocenters. The van der Waals surface area contributed by atoms with Gasteiger partial charge in [-0.15, -0.1) is 23.7 Å². The lowest BCUT2D eigenvalue weighted by molar-refractivity contribution is 0.183. The number of fused-ring (bicyclic) bond motifs is 1. The minimum absolute atomic E-state index is 0. The van der Waals surface area contributed by atoms with Crippen molar-refractivity contribution < 1.29 is 0 Å². The molecule has 1 N–H and O–H groups in total. The highest BCUT2D eigenvalue weighted by Crippen LogP contribution is 2.21. The van der Waals surface area contributed by atoms with Crippen molar-refractivity contribution in [3.05, 3.63) is 39.6 Å². The summed E-state index contributed by atoms with van der Waals surface area (Å²) < 4.78 is 1.41. The monoisotopic (exact) mass is 365 g/mol. The molecule has 1 aliphatic rings. The smallest absolute Gasteiger partial charge is 0.274 e. The Kier molecular flexibility index (Phi) is 5.03. The van der Waals surface area contributed by atoms with E-state index in [1.165, 1.54) is 17.4 Å². The molecule has 3 aromatic heterocycles. The molecule has 0 radical (unpaired) electrons. The number of hydrogen-bond donors (Lipinski definition) is 1. The summed E-state index contributed by atoms with van der Waals surface area (Å²) >= 11 is 1.58. The number of H-pyrrole nitrogens is 1. The molecule has 3 aromatic rings. The fraction of sp³-hybridized carbons (Fsp3) is 0.438. The second-order valence-corrected chi connectivity index (χ2v) is 7.18. The van der Waals surface area contributed by atoms with Gasteiger partial charge in [-0.25, -0.2) is 4.98 Å². The topological polar surface area (TPSA) is 66.3 Å². The second-order valence-electron chi connectivity index (χ2n) is 6.23. The third kappa shape index (κ3) is 3.38. The molecule has 1 aliphatic heterocycles. The van der Waals surface area contributed by atoms with Gasteiger partial charge in [-0.3, -0.25) is 14.8 Å². The maximum absolute atomic E-state index is 12.3. The standard InChI is InChI=1S/C16H19N5OS.ClH/c1-11-4-6-20(7-5-11)10-12-9-14(22)21-16(17-12)18-15(19-21)13-3-2-8-23-13;/h2-3,8-9,11H,4-7,10H2,1H3,(H,17,18,19);1H. The molecule has 4 rings (SSSR count). The second kappa shape index (κ2) is 7.04. The summed E-state index contributed by atoms with van der Waals surface area (Å²) in [5, 5.41) is 5.02. The van der Waals surface area contributed by atoms with Crippen LogP contribution in [0.25, 0.3) is 16.5 Å². The molecule has 0 aromatic carbocycles. The van der Waals surface area contributed by atoms with Crippen LogP contribution in [0.2, 0.25) is 0 Å². The maximum atomic E-state index is 12.3. The lowest BCUT2D eigenvalue weighted by Gasteiger charge is -2.29. The van der Waals surface area contributed by atoms with E-state index in [0.29, 0.717) is 11.6 Å². The van der Waals surface area contributed by atoms with Gasteiger partial charge in [0.1, 0.15) is 0 Å². The summed E-state index contributed by atoms with van der Waals surface area (Å²) in [6.45, 7) is 5.16. The van der Waals surface area contributed by atoms with Crippen LogP contribution in [0.5, 0.6) is 0 Å². The number of nitrogens with one attached hydrogen (secondary N) is 1. The first-order valence-electron chi connectivity index (χ1n) is 7.94. The molecular formula is C16H20ClN5OS. The molecule has 0 aliphatic carbocycles.